The van der Waals surface area contributed by atoms with Crippen LogP contribution < -0.4 is 11.4 Å². The molecule has 0 amide bonds. The first-order chi connectivity index (χ1) is 9.90. The largest absolute Gasteiger partial charge is 0.328 e. The summed E-state index contributed by atoms with van der Waals surface area (Å²) in [6.07, 6.45) is 0. The van der Waals surface area contributed by atoms with Crippen molar-refractivity contribution in [1.29, 1.82) is 0 Å². The van der Waals surface area contributed by atoms with Crippen LogP contribution in [0.3, 0.4) is 0 Å². The summed E-state index contributed by atoms with van der Waals surface area (Å²) in [6, 6.07) is 8.00. The van der Waals surface area contributed by atoms with Crippen LogP contribution in [0.1, 0.15) is 26.9 Å². The van der Waals surface area contributed by atoms with E-state index in [9.17, 15) is 4.79 Å². The summed E-state index contributed by atoms with van der Waals surface area (Å²) in [4.78, 5) is 14.4. The van der Waals surface area contributed by atoms with E-state index in [0.29, 0.717) is 0 Å². The molecule has 0 aliphatic carbocycles. The topological polar surface area (TPSA) is 52.9 Å². The van der Waals surface area contributed by atoms with Crippen molar-refractivity contribution in [1.82, 2.24) is 9.13 Å². The minimum absolute atomic E-state index is 0.0152. The minimum Gasteiger partial charge on any atom is -0.320 e. The van der Waals surface area contributed by atoms with E-state index in [1.54, 1.807) is 34.6 Å². The molecule has 0 aliphatic rings. The molecule has 3 aromatic rings. The lowest BCUT2D eigenvalue weighted by Crippen LogP contribution is -2.19. The van der Waals surface area contributed by atoms with Crippen molar-refractivity contribution in [3.05, 3.63) is 55.6 Å². The van der Waals surface area contributed by atoms with Crippen LogP contribution in [0.2, 0.25) is 0 Å². The summed E-state index contributed by atoms with van der Waals surface area (Å²) in [6.45, 7) is 4.21. The number of thiophene rings is 1. The van der Waals surface area contributed by atoms with Crippen LogP contribution in [0.5, 0.6) is 0 Å². The van der Waals surface area contributed by atoms with Gasteiger partial charge in [-0.2, -0.15) is 0 Å². The molecular weight excluding hydrogens is 282 g/mol. The molecule has 2 heterocycles. The third kappa shape index (κ3) is 2.13. The average Bonchev–Trinajstić information content (AvgIpc) is 2.92. The van der Waals surface area contributed by atoms with Crippen LogP contribution in [-0.4, -0.2) is 9.13 Å². The van der Waals surface area contributed by atoms with Gasteiger partial charge in [0.1, 0.15) is 0 Å². The normalized spacial score (nSPS) is 13.0. The lowest BCUT2D eigenvalue weighted by Gasteiger charge is -2.10. The number of benzene rings is 1. The van der Waals surface area contributed by atoms with Gasteiger partial charge in [-0.1, -0.05) is 6.07 Å². The van der Waals surface area contributed by atoms with E-state index in [-0.39, 0.29) is 11.7 Å². The molecule has 1 atom stereocenters. The third-order valence-corrected chi connectivity index (χ3v) is 5.38. The van der Waals surface area contributed by atoms with E-state index < -0.39 is 0 Å². The molecule has 21 heavy (non-hydrogen) atoms. The molecule has 0 saturated carbocycles. The summed E-state index contributed by atoms with van der Waals surface area (Å²) in [5.74, 6) is 0. The SMILES string of the molecule is Cc1cc(C(N)c2ccc3c(c2)n(C)c(=O)n3C)sc1C. The predicted octanol–water partition coefficient (Wildman–Crippen LogP) is 2.60. The van der Waals surface area contributed by atoms with E-state index in [1.165, 1.54) is 10.4 Å². The van der Waals surface area contributed by atoms with Crippen molar-refractivity contribution < 1.29 is 0 Å². The number of imidazole rings is 1. The number of nitrogens with zero attached hydrogens (tertiary/aromatic N) is 2. The van der Waals surface area contributed by atoms with Gasteiger partial charge < -0.3 is 5.73 Å². The second-order valence-electron chi connectivity index (χ2n) is 5.51. The molecule has 110 valence electrons. The number of hydrogen-bond acceptors (Lipinski definition) is 3. The van der Waals surface area contributed by atoms with Crippen LogP contribution in [-0.2, 0) is 14.1 Å². The number of fused-ring (bicyclic) bond motifs is 1. The van der Waals surface area contributed by atoms with Gasteiger partial charge in [-0.05, 0) is 43.2 Å². The molecular formula is C16H19N3OS. The summed E-state index contributed by atoms with van der Waals surface area (Å²) < 4.78 is 3.32. The number of aromatic nitrogens is 2. The van der Waals surface area contributed by atoms with E-state index in [0.717, 1.165) is 21.5 Å². The van der Waals surface area contributed by atoms with Crippen molar-refractivity contribution in [2.45, 2.75) is 19.9 Å². The number of rotatable bonds is 2. The maximum Gasteiger partial charge on any atom is 0.328 e. The molecule has 3 rings (SSSR count). The van der Waals surface area contributed by atoms with E-state index in [4.69, 9.17) is 5.73 Å². The average molecular weight is 301 g/mol. The van der Waals surface area contributed by atoms with Gasteiger partial charge in [0.05, 0.1) is 17.1 Å². The van der Waals surface area contributed by atoms with Gasteiger partial charge in [0.2, 0.25) is 0 Å². The lowest BCUT2D eigenvalue weighted by molar-refractivity contribution is 0.795. The molecule has 5 heteroatoms. The first kappa shape index (κ1) is 14.1. The highest BCUT2D eigenvalue weighted by Gasteiger charge is 2.15. The quantitative estimate of drug-likeness (QED) is 0.791. The monoisotopic (exact) mass is 301 g/mol. The zero-order valence-corrected chi connectivity index (χ0v) is 13.5. The van der Waals surface area contributed by atoms with Crippen LogP contribution in [0.4, 0.5) is 0 Å². The highest BCUT2D eigenvalue weighted by molar-refractivity contribution is 7.12. The van der Waals surface area contributed by atoms with Gasteiger partial charge in [0, 0.05) is 23.8 Å². The van der Waals surface area contributed by atoms with Crippen molar-refractivity contribution in [3.63, 3.8) is 0 Å². The Morgan fingerprint density at radius 3 is 2.38 bits per heavy atom. The van der Waals surface area contributed by atoms with Gasteiger partial charge in [-0.15, -0.1) is 11.3 Å². The second kappa shape index (κ2) is 4.86. The maximum absolute atomic E-state index is 12.0. The second-order valence-corrected chi connectivity index (χ2v) is 6.80. The molecule has 0 fully saturated rings. The first-order valence-electron chi connectivity index (χ1n) is 6.88. The first-order valence-corrected chi connectivity index (χ1v) is 7.69. The fourth-order valence-electron chi connectivity index (χ4n) is 2.64. The Kier molecular flexibility index (Phi) is 3.26. The van der Waals surface area contributed by atoms with Crippen LogP contribution in [0, 0.1) is 13.8 Å². The van der Waals surface area contributed by atoms with Gasteiger partial charge in [0.25, 0.3) is 0 Å². The van der Waals surface area contributed by atoms with Crippen molar-refractivity contribution in [3.8, 4) is 0 Å². The fourth-order valence-corrected chi connectivity index (χ4v) is 3.71. The standard InChI is InChI=1S/C16H19N3OS/c1-9-7-14(21-10(9)2)15(17)11-5-6-12-13(8-11)19(4)16(20)18(12)3/h5-8,15H,17H2,1-4H3. The van der Waals surface area contributed by atoms with Crippen LogP contribution in [0.25, 0.3) is 11.0 Å². The summed E-state index contributed by atoms with van der Waals surface area (Å²) in [7, 11) is 3.58. The van der Waals surface area contributed by atoms with Crippen molar-refractivity contribution in [2.75, 3.05) is 0 Å². The van der Waals surface area contributed by atoms with Crippen LogP contribution >= 0.6 is 11.3 Å². The Bertz CT molecular complexity index is 865. The summed E-state index contributed by atoms with van der Waals surface area (Å²) >= 11 is 1.74. The Balaban J connectivity index is 2.12. The molecule has 1 unspecified atom stereocenters. The number of aryl methyl sites for hydroxylation is 4. The molecule has 0 aliphatic heterocycles. The Hall–Kier alpha value is -1.85. The molecule has 0 spiro atoms. The van der Waals surface area contributed by atoms with Gasteiger partial charge in [0.15, 0.2) is 0 Å². The molecule has 0 bridgehead atoms. The molecule has 0 radical (unpaired) electrons. The predicted molar refractivity (Wildman–Crippen MR) is 88.0 cm³/mol. The van der Waals surface area contributed by atoms with E-state index >= 15 is 0 Å². The van der Waals surface area contributed by atoms with Crippen molar-refractivity contribution in [2.24, 2.45) is 19.8 Å². The Morgan fingerprint density at radius 2 is 1.76 bits per heavy atom. The summed E-state index contributed by atoms with van der Waals surface area (Å²) in [5, 5.41) is 0. The number of nitrogens with two attached hydrogens (primary N) is 1. The minimum atomic E-state index is -0.151. The van der Waals surface area contributed by atoms with Gasteiger partial charge in [-0.3, -0.25) is 9.13 Å². The number of hydrogen-bond donors (Lipinski definition) is 1. The zero-order valence-electron chi connectivity index (χ0n) is 12.7. The van der Waals surface area contributed by atoms with Gasteiger partial charge in [-0.25, -0.2) is 4.79 Å². The van der Waals surface area contributed by atoms with E-state index in [1.807, 2.05) is 18.2 Å². The molecule has 4 nitrogen and oxygen atoms in total. The van der Waals surface area contributed by atoms with Gasteiger partial charge >= 0.3 is 5.69 Å². The molecule has 2 aromatic heterocycles. The molecule has 2 N–H and O–H groups in total. The highest BCUT2D eigenvalue weighted by Crippen LogP contribution is 2.30. The molecule has 1 aromatic carbocycles. The smallest absolute Gasteiger partial charge is 0.320 e. The fraction of sp³-hybridized carbons (Fsp3) is 0.312. The highest BCUT2D eigenvalue weighted by atomic mass is 32.1. The van der Waals surface area contributed by atoms with Crippen LogP contribution in [0.15, 0.2) is 29.1 Å². The Morgan fingerprint density at radius 1 is 1.10 bits per heavy atom. The summed E-state index contributed by atoms with van der Waals surface area (Å²) in [5.41, 5.74) is 10.5. The third-order valence-electron chi connectivity index (χ3n) is 4.15. The van der Waals surface area contributed by atoms with Crippen molar-refractivity contribution >= 4 is 22.4 Å². The van der Waals surface area contributed by atoms with E-state index in [2.05, 4.69) is 19.9 Å². The zero-order chi connectivity index (χ0) is 15.3. The molecule has 0 saturated heterocycles. The maximum atomic E-state index is 12.0. The lowest BCUT2D eigenvalue weighted by atomic mass is 10.0. The Labute approximate surface area is 127 Å².